The molecule has 1 aliphatic rings. The van der Waals surface area contributed by atoms with Gasteiger partial charge in [-0.3, -0.25) is 0 Å². The van der Waals surface area contributed by atoms with E-state index < -0.39 is 22.8 Å². The Morgan fingerprint density at radius 2 is 0.893 bits per heavy atom. The lowest BCUT2D eigenvalue weighted by Gasteiger charge is -2.40. The van der Waals surface area contributed by atoms with Gasteiger partial charge in [0.25, 0.3) is 0 Å². The molecule has 4 aromatic rings. The summed E-state index contributed by atoms with van der Waals surface area (Å²) in [5.41, 5.74) is -2.42. The van der Waals surface area contributed by atoms with E-state index in [0.717, 1.165) is 12.1 Å². The summed E-state index contributed by atoms with van der Waals surface area (Å²) in [7, 11) is 0. The minimum Gasteiger partial charge on any atom is -0.377 e. The summed E-state index contributed by atoms with van der Waals surface area (Å²) in [4.78, 5) is 0. The molecule has 0 aromatic heterocycles. The summed E-state index contributed by atoms with van der Waals surface area (Å²) in [6.45, 7) is 0. The van der Waals surface area contributed by atoms with Crippen molar-refractivity contribution in [1.29, 1.82) is 0 Å². The molecule has 0 amide bonds. The minimum absolute atomic E-state index is 0.206. The van der Waals surface area contributed by atoms with Gasteiger partial charge in [0.2, 0.25) is 0 Å². The molecule has 0 heterocycles. The van der Waals surface area contributed by atoms with E-state index in [4.69, 9.17) is 0 Å². The van der Waals surface area contributed by atoms with Crippen LogP contribution >= 0.6 is 0 Å². The van der Waals surface area contributed by atoms with Gasteiger partial charge >= 0.3 is 0 Å². The van der Waals surface area contributed by atoms with Crippen LogP contribution < -0.4 is 0 Å². The van der Waals surface area contributed by atoms with Crippen LogP contribution in [-0.4, -0.2) is 10.2 Å². The van der Waals surface area contributed by atoms with Crippen molar-refractivity contribution in [3.63, 3.8) is 0 Å². The Morgan fingerprint density at radius 1 is 0.500 bits per heavy atom. The SMILES string of the molecule is OC1(c2ccccc2)c2ccc(F)c3c(F)ccc(c23)C1(O)c1ccccc1. The Morgan fingerprint density at radius 3 is 1.29 bits per heavy atom. The fourth-order valence-corrected chi connectivity index (χ4v) is 4.49. The van der Waals surface area contributed by atoms with E-state index in [9.17, 15) is 19.0 Å². The first kappa shape index (κ1) is 17.0. The smallest absolute Gasteiger partial charge is 0.152 e. The van der Waals surface area contributed by atoms with Gasteiger partial charge in [-0.2, -0.15) is 0 Å². The van der Waals surface area contributed by atoms with Crippen LogP contribution in [0.4, 0.5) is 8.78 Å². The summed E-state index contributed by atoms with van der Waals surface area (Å²) in [6, 6.07) is 22.5. The number of rotatable bonds is 2. The van der Waals surface area contributed by atoms with Crippen LogP contribution in [0, 0.1) is 11.6 Å². The van der Waals surface area contributed by atoms with Crippen molar-refractivity contribution in [1.82, 2.24) is 0 Å². The maximum atomic E-state index is 14.5. The molecule has 2 unspecified atom stereocenters. The van der Waals surface area contributed by atoms with Gasteiger partial charge in [0.1, 0.15) is 11.6 Å². The first-order valence-corrected chi connectivity index (χ1v) is 8.97. The van der Waals surface area contributed by atoms with Crippen molar-refractivity contribution >= 4 is 10.8 Å². The Kier molecular flexibility index (Phi) is 3.48. The van der Waals surface area contributed by atoms with Gasteiger partial charge in [0, 0.05) is 16.5 Å². The zero-order valence-electron chi connectivity index (χ0n) is 14.7. The van der Waals surface area contributed by atoms with Crippen molar-refractivity contribution in [2.45, 2.75) is 11.2 Å². The molecule has 1 aliphatic carbocycles. The predicted octanol–water partition coefficient (Wildman–Crippen LogP) is 4.60. The summed E-state index contributed by atoms with van der Waals surface area (Å²) >= 11 is 0. The predicted molar refractivity (Wildman–Crippen MR) is 103 cm³/mol. The van der Waals surface area contributed by atoms with Gasteiger partial charge in [-0.05, 0) is 23.3 Å². The van der Waals surface area contributed by atoms with E-state index >= 15 is 0 Å². The van der Waals surface area contributed by atoms with Gasteiger partial charge in [0.05, 0.1) is 5.39 Å². The highest BCUT2D eigenvalue weighted by atomic mass is 19.1. The van der Waals surface area contributed by atoms with Gasteiger partial charge in [-0.15, -0.1) is 0 Å². The van der Waals surface area contributed by atoms with Gasteiger partial charge in [-0.1, -0.05) is 72.8 Å². The molecule has 0 radical (unpaired) electrons. The normalized spacial score (nSPS) is 23.3. The lowest BCUT2D eigenvalue weighted by molar-refractivity contribution is -0.105. The molecule has 2 N–H and O–H groups in total. The molecule has 2 nitrogen and oxygen atoms in total. The van der Waals surface area contributed by atoms with E-state index in [2.05, 4.69) is 0 Å². The van der Waals surface area contributed by atoms with Crippen molar-refractivity contribution in [2.75, 3.05) is 0 Å². The Balaban J connectivity index is 1.99. The Bertz CT molecular complexity index is 1120. The third-order valence-corrected chi connectivity index (χ3v) is 5.75. The standard InChI is InChI=1S/C24H16F2O2/c25-19-13-11-17-21-18(12-14-20(26)22(19)21)24(28,16-9-5-2-6-10-16)23(17,27)15-7-3-1-4-8-15/h1-14,27-28H. The highest BCUT2D eigenvalue weighted by molar-refractivity contribution is 5.95. The van der Waals surface area contributed by atoms with E-state index in [1.807, 2.05) is 0 Å². The zero-order valence-corrected chi connectivity index (χ0v) is 14.7. The monoisotopic (exact) mass is 374 g/mol. The molecule has 0 bridgehead atoms. The first-order valence-electron chi connectivity index (χ1n) is 8.97. The van der Waals surface area contributed by atoms with E-state index in [1.54, 1.807) is 60.7 Å². The van der Waals surface area contributed by atoms with E-state index in [1.165, 1.54) is 12.1 Å². The van der Waals surface area contributed by atoms with Crippen LogP contribution in [0.5, 0.6) is 0 Å². The summed E-state index contributed by atoms with van der Waals surface area (Å²) < 4.78 is 29.1. The van der Waals surface area contributed by atoms with Crippen LogP contribution in [0.25, 0.3) is 10.8 Å². The summed E-state index contributed by atoms with van der Waals surface area (Å²) in [6.07, 6.45) is 0. The Labute approximate surface area is 160 Å². The number of halogens is 2. The quantitative estimate of drug-likeness (QED) is 0.538. The summed E-state index contributed by atoms with van der Waals surface area (Å²) in [5.74, 6) is -1.46. The van der Waals surface area contributed by atoms with Gasteiger partial charge in [0.15, 0.2) is 11.2 Å². The molecule has 4 aromatic carbocycles. The second kappa shape index (κ2) is 5.71. The molecular formula is C24H16F2O2. The third kappa shape index (κ3) is 1.91. The number of hydrogen-bond acceptors (Lipinski definition) is 2. The van der Waals surface area contributed by atoms with Crippen molar-refractivity contribution in [3.05, 3.63) is 119 Å². The highest BCUT2D eigenvalue weighted by Gasteiger charge is 2.60. The van der Waals surface area contributed by atoms with Crippen molar-refractivity contribution in [2.24, 2.45) is 0 Å². The second-order valence-electron chi connectivity index (χ2n) is 7.09. The molecule has 0 aliphatic heterocycles. The van der Waals surface area contributed by atoms with Gasteiger partial charge < -0.3 is 10.2 Å². The topological polar surface area (TPSA) is 40.5 Å². The van der Waals surface area contributed by atoms with Crippen molar-refractivity contribution < 1.29 is 19.0 Å². The van der Waals surface area contributed by atoms with Crippen LogP contribution in [0.1, 0.15) is 22.3 Å². The van der Waals surface area contributed by atoms with Crippen molar-refractivity contribution in [3.8, 4) is 0 Å². The molecule has 138 valence electrons. The molecule has 2 atom stereocenters. The van der Waals surface area contributed by atoms with Crippen LogP contribution in [0.2, 0.25) is 0 Å². The third-order valence-electron chi connectivity index (χ3n) is 5.75. The molecule has 0 saturated heterocycles. The molecule has 28 heavy (non-hydrogen) atoms. The molecule has 4 heteroatoms. The molecule has 0 saturated carbocycles. The fraction of sp³-hybridized carbons (Fsp3) is 0.0833. The van der Waals surface area contributed by atoms with Crippen LogP contribution in [0.15, 0.2) is 84.9 Å². The number of hydrogen-bond donors (Lipinski definition) is 2. The van der Waals surface area contributed by atoms with E-state index in [0.29, 0.717) is 11.1 Å². The molecule has 0 spiro atoms. The zero-order chi connectivity index (χ0) is 19.5. The summed E-state index contributed by atoms with van der Waals surface area (Å²) in [5, 5.41) is 24.1. The average molecular weight is 374 g/mol. The average Bonchev–Trinajstić information content (AvgIpc) is 2.94. The largest absolute Gasteiger partial charge is 0.377 e. The lowest BCUT2D eigenvalue weighted by atomic mass is 9.72. The molecular weight excluding hydrogens is 358 g/mol. The minimum atomic E-state index is -1.92. The fourth-order valence-electron chi connectivity index (χ4n) is 4.49. The Hall–Kier alpha value is -3.08. The first-order chi connectivity index (χ1) is 13.5. The van der Waals surface area contributed by atoms with Gasteiger partial charge in [-0.25, -0.2) is 8.78 Å². The number of benzene rings is 4. The maximum absolute atomic E-state index is 14.5. The highest BCUT2D eigenvalue weighted by Crippen LogP contribution is 2.58. The molecule has 5 rings (SSSR count). The number of aliphatic hydroxyl groups is 2. The maximum Gasteiger partial charge on any atom is 0.152 e. The van der Waals surface area contributed by atoms with Crippen LogP contribution in [-0.2, 0) is 11.2 Å². The van der Waals surface area contributed by atoms with Crippen LogP contribution in [0.3, 0.4) is 0 Å². The molecule has 0 fully saturated rings. The van der Waals surface area contributed by atoms with E-state index in [-0.39, 0.29) is 21.9 Å². The second-order valence-corrected chi connectivity index (χ2v) is 7.09. The lowest BCUT2D eigenvalue weighted by Crippen LogP contribution is -2.47.